The van der Waals surface area contributed by atoms with E-state index in [1.165, 1.54) is 12.4 Å². The summed E-state index contributed by atoms with van der Waals surface area (Å²) in [4.78, 5) is 23.3. The number of amides is 2. The maximum atomic E-state index is 12.0. The molecule has 0 heterocycles. The summed E-state index contributed by atoms with van der Waals surface area (Å²) in [6, 6.07) is 5.82. The summed E-state index contributed by atoms with van der Waals surface area (Å²) in [6.45, 7) is 3.42. The van der Waals surface area contributed by atoms with Crippen LogP contribution in [0.25, 0.3) is 0 Å². The zero-order valence-electron chi connectivity index (χ0n) is 11.6. The molecule has 21 heavy (non-hydrogen) atoms. The third-order valence-corrected chi connectivity index (χ3v) is 2.92. The van der Waals surface area contributed by atoms with Crippen molar-refractivity contribution in [2.75, 3.05) is 0 Å². The topological polar surface area (TPSA) is 98.7 Å². The zero-order valence-corrected chi connectivity index (χ0v) is 11.6. The van der Waals surface area contributed by atoms with Gasteiger partial charge in [-0.15, -0.1) is 0 Å². The Morgan fingerprint density at radius 3 is 2.24 bits per heavy atom. The minimum absolute atomic E-state index is 0. The summed E-state index contributed by atoms with van der Waals surface area (Å²) in [6.07, 6.45) is 0.836. The summed E-state index contributed by atoms with van der Waals surface area (Å²) in [5.74, 6) is -1.35. The Morgan fingerprint density at radius 2 is 1.81 bits per heavy atom. The van der Waals surface area contributed by atoms with Gasteiger partial charge in [0.15, 0.2) is 0 Å². The van der Waals surface area contributed by atoms with E-state index in [0.29, 0.717) is 5.56 Å². The number of carbonyl (C=O) groups is 2. The number of rotatable bonds is 6. The highest BCUT2D eigenvalue weighted by Gasteiger charge is 2.25. The smallest absolute Gasteiger partial charge is 0.268 e. The monoisotopic (exact) mass is 296 g/mol. The van der Waals surface area contributed by atoms with Gasteiger partial charge in [-0.05, 0) is 31.0 Å². The van der Waals surface area contributed by atoms with Crippen LogP contribution in [0.3, 0.4) is 0 Å². The fraction of sp³-hybridized carbons (Fsp3) is 0.467. The molecule has 6 heteroatoms. The number of aliphatic hydroxyl groups is 1. The summed E-state index contributed by atoms with van der Waals surface area (Å²) in [5.41, 5.74) is 2.93. The van der Waals surface area contributed by atoms with Gasteiger partial charge in [0, 0.05) is 5.56 Å². The maximum absolute atomic E-state index is 12.0. The average Bonchev–Trinajstić information content (AvgIpc) is 2.44. The molecule has 4 N–H and O–H groups in total. The molecule has 0 saturated carbocycles. The molecule has 0 aromatic heterocycles. The first-order valence-electron chi connectivity index (χ1n) is 6.51. The second-order valence-electron chi connectivity index (χ2n) is 4.61. The van der Waals surface area contributed by atoms with Crippen molar-refractivity contribution in [3.05, 3.63) is 35.4 Å². The van der Waals surface area contributed by atoms with Crippen LogP contribution in [0.2, 0.25) is 0 Å². The molecule has 0 radical (unpaired) electrons. The molecule has 2 amide bonds. The number of aliphatic hydroxyl groups excluding tert-OH is 1. The van der Waals surface area contributed by atoms with Crippen LogP contribution >= 0.6 is 0 Å². The van der Waals surface area contributed by atoms with Crippen molar-refractivity contribution in [3.63, 3.8) is 0 Å². The fourth-order valence-electron chi connectivity index (χ4n) is 1.81. The number of aryl methyl sites for hydroxylation is 1. The van der Waals surface area contributed by atoms with Gasteiger partial charge in [0.05, 0.1) is 6.10 Å². The van der Waals surface area contributed by atoms with E-state index in [2.05, 4.69) is 12.2 Å². The molecule has 0 unspecified atom stereocenters. The number of hydroxylamine groups is 1. The Bertz CT molecular complexity index is 457. The minimum Gasteiger partial charge on any atom is -0.391 e. The van der Waals surface area contributed by atoms with Gasteiger partial charge < -0.3 is 10.4 Å². The van der Waals surface area contributed by atoms with Gasteiger partial charge in [-0.25, -0.2) is 5.48 Å². The second-order valence-corrected chi connectivity index (χ2v) is 4.61. The number of hydrogen-bond acceptors (Lipinski definition) is 4. The Morgan fingerprint density at radius 1 is 1.24 bits per heavy atom. The molecule has 1 aromatic rings. The third-order valence-electron chi connectivity index (χ3n) is 2.92. The molecule has 0 aliphatic heterocycles. The van der Waals surface area contributed by atoms with E-state index in [0.717, 1.165) is 18.4 Å². The molecular weight excluding hydrogens is 272 g/mol. The normalized spacial score (nSPS) is 12.8. The molecule has 118 valence electrons. The molecule has 2 atom stereocenters. The van der Waals surface area contributed by atoms with Crippen LogP contribution in [-0.4, -0.2) is 34.3 Å². The van der Waals surface area contributed by atoms with Crippen molar-refractivity contribution >= 4 is 11.8 Å². The molecule has 0 aliphatic carbocycles. The highest BCUT2D eigenvalue weighted by Crippen LogP contribution is 2.07. The second kappa shape index (κ2) is 9.10. The largest absolute Gasteiger partial charge is 0.391 e. The van der Waals surface area contributed by atoms with Crippen LogP contribution in [0.1, 0.15) is 43.6 Å². The van der Waals surface area contributed by atoms with Crippen molar-refractivity contribution in [2.45, 2.75) is 46.3 Å². The molecule has 0 fully saturated rings. The maximum Gasteiger partial charge on any atom is 0.268 e. The van der Waals surface area contributed by atoms with Gasteiger partial charge in [-0.2, -0.15) is 0 Å². The van der Waals surface area contributed by atoms with Crippen LogP contribution in [0, 0.1) is 0 Å². The van der Waals surface area contributed by atoms with Crippen molar-refractivity contribution in [1.82, 2.24) is 10.8 Å². The first-order chi connectivity index (χ1) is 9.49. The van der Waals surface area contributed by atoms with Crippen LogP contribution in [0.4, 0.5) is 0 Å². The lowest BCUT2D eigenvalue weighted by Crippen LogP contribution is -2.51. The van der Waals surface area contributed by atoms with E-state index in [9.17, 15) is 14.7 Å². The Hall–Kier alpha value is -1.92. The molecule has 0 bridgehead atoms. The Balaban J connectivity index is 0.00000400. The lowest BCUT2D eigenvalue weighted by molar-refractivity contribution is -0.133. The number of benzene rings is 1. The average molecular weight is 296 g/mol. The molecule has 0 aliphatic rings. The van der Waals surface area contributed by atoms with Crippen LogP contribution in [-0.2, 0) is 11.2 Å². The molecular formula is C15H24N2O4. The lowest BCUT2D eigenvalue weighted by atomic mass is 10.1. The summed E-state index contributed by atoms with van der Waals surface area (Å²) >= 11 is 0. The van der Waals surface area contributed by atoms with Crippen LogP contribution < -0.4 is 10.8 Å². The standard InChI is InChI=1S/C14H20N2O4.CH4/c1-3-4-10-5-7-11(8-6-10)13(18)15-12(9(2)17)14(19)16-20;/h5-9,12,17,20H,3-4H2,1-2H3,(H,15,18)(H,16,19);1H4/t9-,12+;/m1./s1. The van der Waals surface area contributed by atoms with E-state index in [-0.39, 0.29) is 7.43 Å². The summed E-state index contributed by atoms with van der Waals surface area (Å²) in [5, 5.41) is 20.4. The molecule has 1 rings (SSSR count). The third kappa shape index (κ3) is 5.53. The molecule has 1 aromatic carbocycles. The number of nitrogens with one attached hydrogen (secondary N) is 2. The van der Waals surface area contributed by atoms with Crippen molar-refractivity contribution in [3.8, 4) is 0 Å². The first kappa shape index (κ1) is 19.1. The van der Waals surface area contributed by atoms with Gasteiger partial charge in [-0.3, -0.25) is 14.8 Å². The van der Waals surface area contributed by atoms with Gasteiger partial charge in [0.2, 0.25) is 0 Å². The zero-order chi connectivity index (χ0) is 15.1. The van der Waals surface area contributed by atoms with Gasteiger partial charge >= 0.3 is 0 Å². The Kier molecular flexibility index (Phi) is 8.26. The number of carbonyl (C=O) groups excluding carboxylic acids is 2. The molecule has 6 nitrogen and oxygen atoms in total. The highest BCUT2D eigenvalue weighted by molar-refractivity contribution is 5.97. The molecule has 0 saturated heterocycles. The predicted molar refractivity (Wildman–Crippen MR) is 80.0 cm³/mol. The van der Waals surface area contributed by atoms with E-state index in [4.69, 9.17) is 5.21 Å². The lowest BCUT2D eigenvalue weighted by Gasteiger charge is -2.19. The van der Waals surface area contributed by atoms with E-state index < -0.39 is 24.0 Å². The van der Waals surface area contributed by atoms with Crippen LogP contribution in [0.5, 0.6) is 0 Å². The van der Waals surface area contributed by atoms with E-state index in [1.54, 1.807) is 12.1 Å². The predicted octanol–water partition coefficient (Wildman–Crippen LogP) is 1.26. The van der Waals surface area contributed by atoms with Crippen molar-refractivity contribution in [1.29, 1.82) is 0 Å². The van der Waals surface area contributed by atoms with E-state index >= 15 is 0 Å². The SMILES string of the molecule is C.CCCc1ccc(C(=O)N[C@H](C(=O)NO)[C@@H](C)O)cc1. The quantitative estimate of drug-likeness (QED) is 0.469. The van der Waals surface area contributed by atoms with Crippen molar-refractivity contribution in [2.24, 2.45) is 0 Å². The van der Waals surface area contributed by atoms with Gasteiger partial charge in [0.1, 0.15) is 6.04 Å². The van der Waals surface area contributed by atoms with Crippen LogP contribution in [0.15, 0.2) is 24.3 Å². The Labute approximate surface area is 125 Å². The van der Waals surface area contributed by atoms with Gasteiger partial charge in [0.25, 0.3) is 11.8 Å². The molecule has 0 spiro atoms. The number of hydrogen-bond donors (Lipinski definition) is 4. The van der Waals surface area contributed by atoms with E-state index in [1.807, 2.05) is 12.1 Å². The fourth-order valence-corrected chi connectivity index (χ4v) is 1.81. The first-order valence-corrected chi connectivity index (χ1v) is 6.51. The van der Waals surface area contributed by atoms with Crippen molar-refractivity contribution < 1.29 is 19.9 Å². The summed E-state index contributed by atoms with van der Waals surface area (Å²) < 4.78 is 0. The summed E-state index contributed by atoms with van der Waals surface area (Å²) in [7, 11) is 0. The highest BCUT2D eigenvalue weighted by atomic mass is 16.5. The van der Waals surface area contributed by atoms with Gasteiger partial charge in [-0.1, -0.05) is 32.9 Å². The minimum atomic E-state index is -1.21.